The van der Waals surface area contributed by atoms with Crippen molar-refractivity contribution in [2.75, 3.05) is 0 Å². The van der Waals surface area contributed by atoms with Gasteiger partial charge in [0, 0.05) is 16.7 Å². The Kier molecular flexibility index (Phi) is 3.85. The van der Waals surface area contributed by atoms with Crippen LogP contribution in [0.1, 0.15) is 43.9 Å². The molecule has 1 nitrogen and oxygen atoms in total. The van der Waals surface area contributed by atoms with Crippen LogP contribution in [-0.2, 0) is 11.2 Å². The van der Waals surface area contributed by atoms with Crippen LogP contribution in [0, 0.1) is 5.41 Å². The second-order valence-corrected chi connectivity index (χ2v) is 7.47. The maximum Gasteiger partial charge on any atom is 0.143 e. The quantitative estimate of drug-likeness (QED) is 0.798. The highest BCUT2D eigenvalue weighted by Crippen LogP contribution is 2.38. The van der Waals surface area contributed by atoms with Gasteiger partial charge in [0.05, 0.1) is 3.79 Å². The maximum atomic E-state index is 12.3. The zero-order valence-electron chi connectivity index (χ0n) is 9.59. The van der Waals surface area contributed by atoms with Gasteiger partial charge in [-0.05, 0) is 40.9 Å². The van der Waals surface area contributed by atoms with Gasteiger partial charge < -0.3 is 0 Å². The Morgan fingerprint density at radius 2 is 2.06 bits per heavy atom. The van der Waals surface area contributed by atoms with E-state index < -0.39 is 0 Å². The molecule has 3 heteroatoms. The molecule has 0 unspecified atom stereocenters. The number of ketones is 1. The molecule has 1 fully saturated rings. The molecule has 1 aromatic rings. The number of hydrogen-bond acceptors (Lipinski definition) is 2. The maximum absolute atomic E-state index is 12.3. The minimum atomic E-state index is -0.0469. The van der Waals surface area contributed by atoms with Crippen LogP contribution in [0.3, 0.4) is 0 Å². The van der Waals surface area contributed by atoms with E-state index in [0.717, 1.165) is 16.6 Å². The highest BCUT2D eigenvalue weighted by atomic mass is 79.9. The van der Waals surface area contributed by atoms with Crippen molar-refractivity contribution in [3.05, 3.63) is 20.8 Å². The normalized spacial score (nSPS) is 19.6. The van der Waals surface area contributed by atoms with E-state index in [9.17, 15) is 4.79 Å². The van der Waals surface area contributed by atoms with Crippen molar-refractivity contribution in [3.8, 4) is 0 Å². The lowest BCUT2D eigenvalue weighted by Crippen LogP contribution is -2.31. The lowest BCUT2D eigenvalue weighted by Gasteiger charge is -2.31. The second-order valence-electron chi connectivity index (χ2n) is 4.93. The standard InChI is InChI=1S/C13H17BrOS/c1-13(7-3-2-4-8-13)11(15)9-10-5-6-12(14)16-10/h5-6H,2-4,7-9H2,1H3. The van der Waals surface area contributed by atoms with Crippen molar-refractivity contribution in [1.29, 1.82) is 0 Å². The summed E-state index contributed by atoms with van der Waals surface area (Å²) in [6, 6.07) is 4.08. The fourth-order valence-electron chi connectivity index (χ4n) is 2.43. The Labute approximate surface area is 109 Å². The second kappa shape index (κ2) is 5.01. The largest absolute Gasteiger partial charge is 0.299 e. The molecule has 1 aliphatic carbocycles. The van der Waals surface area contributed by atoms with Crippen molar-refractivity contribution in [1.82, 2.24) is 0 Å². The third-order valence-corrected chi connectivity index (χ3v) is 5.22. The first-order valence-corrected chi connectivity index (χ1v) is 7.49. The highest BCUT2D eigenvalue weighted by molar-refractivity contribution is 9.11. The van der Waals surface area contributed by atoms with Crippen LogP contribution in [0.4, 0.5) is 0 Å². The molecule has 0 aliphatic heterocycles. The van der Waals surface area contributed by atoms with Gasteiger partial charge in [0.25, 0.3) is 0 Å². The summed E-state index contributed by atoms with van der Waals surface area (Å²) >= 11 is 5.11. The van der Waals surface area contributed by atoms with E-state index in [1.165, 1.54) is 24.1 Å². The van der Waals surface area contributed by atoms with Crippen molar-refractivity contribution >= 4 is 33.0 Å². The van der Waals surface area contributed by atoms with Gasteiger partial charge in [-0.2, -0.15) is 0 Å². The van der Waals surface area contributed by atoms with Gasteiger partial charge in [-0.1, -0.05) is 26.2 Å². The molecular weight excluding hydrogens is 284 g/mol. The Hall–Kier alpha value is -0.150. The van der Waals surface area contributed by atoms with Gasteiger partial charge in [-0.3, -0.25) is 4.79 Å². The zero-order chi connectivity index (χ0) is 11.6. The molecule has 0 atom stereocenters. The van der Waals surface area contributed by atoms with E-state index in [2.05, 4.69) is 28.9 Å². The lowest BCUT2D eigenvalue weighted by atomic mass is 9.72. The minimum absolute atomic E-state index is 0.0469. The van der Waals surface area contributed by atoms with Gasteiger partial charge in [-0.25, -0.2) is 0 Å². The molecule has 1 saturated carbocycles. The van der Waals surface area contributed by atoms with Gasteiger partial charge in [-0.15, -0.1) is 11.3 Å². The Morgan fingerprint density at radius 3 is 2.62 bits per heavy atom. The predicted molar refractivity (Wildman–Crippen MR) is 71.9 cm³/mol. The molecule has 0 N–H and O–H groups in total. The van der Waals surface area contributed by atoms with Crippen molar-refractivity contribution < 1.29 is 4.79 Å². The van der Waals surface area contributed by atoms with Crippen LogP contribution in [0.5, 0.6) is 0 Å². The van der Waals surface area contributed by atoms with Crippen molar-refractivity contribution in [2.24, 2.45) is 5.41 Å². The van der Waals surface area contributed by atoms with E-state index in [0.29, 0.717) is 12.2 Å². The summed E-state index contributed by atoms with van der Waals surface area (Å²) < 4.78 is 1.11. The summed E-state index contributed by atoms with van der Waals surface area (Å²) in [4.78, 5) is 13.5. The summed E-state index contributed by atoms with van der Waals surface area (Å²) in [5, 5.41) is 0. The van der Waals surface area contributed by atoms with Crippen LogP contribution in [0.2, 0.25) is 0 Å². The molecule has 1 aliphatic rings. The summed E-state index contributed by atoms with van der Waals surface area (Å²) in [5.74, 6) is 0.432. The van der Waals surface area contributed by atoms with Crippen molar-refractivity contribution in [3.63, 3.8) is 0 Å². The van der Waals surface area contributed by atoms with E-state index in [1.54, 1.807) is 11.3 Å². The number of thiophene rings is 1. The Morgan fingerprint density at radius 1 is 1.38 bits per heavy atom. The zero-order valence-corrected chi connectivity index (χ0v) is 12.0. The molecule has 16 heavy (non-hydrogen) atoms. The molecule has 0 bridgehead atoms. The minimum Gasteiger partial charge on any atom is -0.299 e. The Balaban J connectivity index is 2.01. The van der Waals surface area contributed by atoms with E-state index in [-0.39, 0.29) is 5.41 Å². The summed E-state index contributed by atoms with van der Waals surface area (Å²) in [5.41, 5.74) is -0.0469. The fraction of sp³-hybridized carbons (Fsp3) is 0.615. The first-order chi connectivity index (χ1) is 7.60. The first kappa shape index (κ1) is 12.3. The predicted octanol–water partition coefficient (Wildman–Crippen LogP) is 4.59. The third-order valence-electron chi connectivity index (χ3n) is 3.59. The van der Waals surface area contributed by atoms with E-state index in [4.69, 9.17) is 0 Å². The molecule has 2 rings (SSSR count). The molecule has 1 heterocycles. The van der Waals surface area contributed by atoms with Gasteiger partial charge in [0.2, 0.25) is 0 Å². The topological polar surface area (TPSA) is 17.1 Å². The van der Waals surface area contributed by atoms with Crippen LogP contribution in [0.15, 0.2) is 15.9 Å². The SMILES string of the molecule is CC1(C(=O)Cc2ccc(Br)s2)CCCCC1. The molecule has 0 saturated heterocycles. The molecule has 88 valence electrons. The van der Waals surface area contributed by atoms with Crippen molar-refractivity contribution in [2.45, 2.75) is 45.4 Å². The summed E-state index contributed by atoms with van der Waals surface area (Å²) in [7, 11) is 0. The Bertz CT molecular complexity index is 377. The molecule has 0 aromatic carbocycles. The number of rotatable bonds is 3. The summed E-state index contributed by atoms with van der Waals surface area (Å²) in [6.45, 7) is 2.15. The highest BCUT2D eigenvalue weighted by Gasteiger charge is 2.33. The number of hydrogen-bond donors (Lipinski definition) is 0. The van der Waals surface area contributed by atoms with Crippen LogP contribution in [0.25, 0.3) is 0 Å². The third kappa shape index (κ3) is 2.75. The molecular formula is C13H17BrOS. The monoisotopic (exact) mass is 300 g/mol. The van der Waals surface area contributed by atoms with Gasteiger partial charge >= 0.3 is 0 Å². The molecule has 0 spiro atoms. The van der Waals surface area contributed by atoms with Crippen LogP contribution >= 0.6 is 27.3 Å². The van der Waals surface area contributed by atoms with E-state index in [1.807, 2.05) is 6.07 Å². The number of halogens is 1. The van der Waals surface area contributed by atoms with Crippen LogP contribution in [-0.4, -0.2) is 5.78 Å². The average molecular weight is 301 g/mol. The van der Waals surface area contributed by atoms with Gasteiger partial charge in [0.15, 0.2) is 0 Å². The number of carbonyl (C=O) groups excluding carboxylic acids is 1. The fourth-order valence-corrected chi connectivity index (χ4v) is 3.91. The molecule has 0 radical (unpaired) electrons. The van der Waals surface area contributed by atoms with Gasteiger partial charge in [0.1, 0.15) is 5.78 Å². The smallest absolute Gasteiger partial charge is 0.143 e. The molecule has 0 amide bonds. The van der Waals surface area contributed by atoms with Crippen LogP contribution < -0.4 is 0 Å². The number of carbonyl (C=O) groups is 1. The van der Waals surface area contributed by atoms with E-state index >= 15 is 0 Å². The summed E-state index contributed by atoms with van der Waals surface area (Å²) in [6.07, 6.45) is 6.52. The number of Topliss-reactive ketones (excluding diaryl/α,β-unsaturated/α-hetero) is 1. The first-order valence-electron chi connectivity index (χ1n) is 5.88. The average Bonchev–Trinajstić information content (AvgIpc) is 2.65. The molecule has 1 aromatic heterocycles. The lowest BCUT2D eigenvalue weighted by molar-refractivity contribution is -0.128.